The molecule has 6 heteroatoms. The van der Waals surface area contributed by atoms with Gasteiger partial charge in [0.15, 0.2) is 6.61 Å². The van der Waals surface area contributed by atoms with Gasteiger partial charge in [0.2, 0.25) is 5.78 Å². The fourth-order valence-corrected chi connectivity index (χ4v) is 1.45. The van der Waals surface area contributed by atoms with Crippen molar-refractivity contribution in [3.8, 4) is 0 Å². The van der Waals surface area contributed by atoms with E-state index in [1.165, 1.54) is 24.3 Å². The molecule has 1 aliphatic carbocycles. The summed E-state index contributed by atoms with van der Waals surface area (Å²) in [5.74, 6) is -0.871. The Bertz CT molecular complexity index is 507. The Hall–Kier alpha value is -2.24. The highest BCUT2D eigenvalue weighted by Crippen LogP contribution is 2.30. The summed E-state index contributed by atoms with van der Waals surface area (Å²) in [6.45, 7) is -0.365. The second kappa shape index (κ2) is 4.95. The first-order chi connectivity index (χ1) is 8.58. The number of nitrogens with zero attached hydrogens (tertiary/aromatic N) is 1. The predicted octanol–water partition coefficient (Wildman–Crippen LogP) is 1.73. The number of hydrogen-bond donors (Lipinski definition) is 0. The molecule has 0 amide bonds. The normalized spacial score (nSPS) is 14.0. The number of nitro groups is 1. The molecule has 0 N–H and O–H groups in total. The number of non-ortho nitro benzene ring substituents is 1. The minimum atomic E-state index is -0.576. The summed E-state index contributed by atoms with van der Waals surface area (Å²) in [6, 6.07) is 5.36. The zero-order chi connectivity index (χ0) is 13.1. The van der Waals surface area contributed by atoms with Gasteiger partial charge in [-0.3, -0.25) is 19.7 Å². The molecule has 94 valence electrons. The number of ketones is 1. The van der Waals surface area contributed by atoms with Crippen molar-refractivity contribution in [2.75, 3.05) is 6.61 Å². The van der Waals surface area contributed by atoms with Gasteiger partial charge in [-0.05, 0) is 12.8 Å². The molecule has 0 aliphatic heterocycles. The van der Waals surface area contributed by atoms with E-state index in [9.17, 15) is 19.7 Å². The monoisotopic (exact) mass is 249 g/mol. The maximum absolute atomic E-state index is 11.7. The summed E-state index contributed by atoms with van der Waals surface area (Å²) >= 11 is 0. The molecule has 2 rings (SSSR count). The number of hydrogen-bond acceptors (Lipinski definition) is 5. The van der Waals surface area contributed by atoms with Crippen molar-refractivity contribution in [1.29, 1.82) is 0 Å². The Labute approximate surface area is 103 Å². The van der Waals surface area contributed by atoms with E-state index in [1.807, 2.05) is 0 Å². The molecule has 1 aromatic carbocycles. The van der Waals surface area contributed by atoms with Crippen molar-refractivity contribution in [2.45, 2.75) is 12.8 Å². The highest BCUT2D eigenvalue weighted by atomic mass is 16.6. The van der Waals surface area contributed by atoms with E-state index in [0.717, 1.165) is 12.8 Å². The van der Waals surface area contributed by atoms with Gasteiger partial charge in [0, 0.05) is 17.7 Å². The zero-order valence-corrected chi connectivity index (χ0v) is 9.50. The molecule has 0 bridgehead atoms. The summed E-state index contributed by atoms with van der Waals surface area (Å²) in [4.78, 5) is 32.9. The van der Waals surface area contributed by atoms with Crippen molar-refractivity contribution >= 4 is 17.4 Å². The van der Waals surface area contributed by atoms with Crippen LogP contribution in [0.1, 0.15) is 23.2 Å². The first kappa shape index (κ1) is 12.2. The first-order valence-electron chi connectivity index (χ1n) is 5.52. The minimum absolute atomic E-state index is 0.0668. The molecule has 18 heavy (non-hydrogen) atoms. The maximum atomic E-state index is 11.7. The molecular formula is C12H11NO5. The Morgan fingerprint density at radius 1 is 1.39 bits per heavy atom. The molecule has 1 aliphatic rings. The van der Waals surface area contributed by atoms with Gasteiger partial charge in [0.05, 0.1) is 10.8 Å². The third-order valence-electron chi connectivity index (χ3n) is 2.64. The molecule has 0 atom stereocenters. The summed E-state index contributed by atoms with van der Waals surface area (Å²) in [5, 5.41) is 10.5. The number of carbonyl (C=O) groups excluding carboxylic acids is 2. The molecular weight excluding hydrogens is 238 g/mol. The summed E-state index contributed by atoms with van der Waals surface area (Å²) in [7, 11) is 0. The third-order valence-corrected chi connectivity index (χ3v) is 2.64. The van der Waals surface area contributed by atoms with Crippen LogP contribution in [0.2, 0.25) is 0 Å². The quantitative estimate of drug-likeness (QED) is 0.343. The fraction of sp³-hybridized carbons (Fsp3) is 0.333. The molecule has 0 spiro atoms. The van der Waals surface area contributed by atoms with Crippen LogP contribution in [0.25, 0.3) is 0 Å². The lowest BCUT2D eigenvalue weighted by molar-refractivity contribution is -0.384. The smallest absolute Gasteiger partial charge is 0.309 e. The van der Waals surface area contributed by atoms with Crippen LogP contribution in [0.15, 0.2) is 24.3 Å². The van der Waals surface area contributed by atoms with Gasteiger partial charge in [-0.1, -0.05) is 12.1 Å². The van der Waals surface area contributed by atoms with E-state index in [1.54, 1.807) is 0 Å². The van der Waals surface area contributed by atoms with Crippen molar-refractivity contribution in [1.82, 2.24) is 0 Å². The lowest BCUT2D eigenvalue weighted by Crippen LogP contribution is -2.15. The lowest BCUT2D eigenvalue weighted by Gasteiger charge is -2.03. The molecule has 1 fully saturated rings. The van der Waals surface area contributed by atoms with Crippen LogP contribution in [0.3, 0.4) is 0 Å². The number of ether oxygens (including phenoxy) is 1. The fourth-order valence-electron chi connectivity index (χ4n) is 1.45. The van der Waals surface area contributed by atoms with Crippen molar-refractivity contribution in [3.63, 3.8) is 0 Å². The van der Waals surface area contributed by atoms with Crippen LogP contribution in [-0.2, 0) is 9.53 Å². The van der Waals surface area contributed by atoms with E-state index < -0.39 is 10.7 Å². The Kier molecular flexibility index (Phi) is 3.36. The van der Waals surface area contributed by atoms with Gasteiger partial charge in [-0.2, -0.15) is 0 Å². The van der Waals surface area contributed by atoms with E-state index >= 15 is 0 Å². The maximum Gasteiger partial charge on any atom is 0.309 e. The van der Waals surface area contributed by atoms with Crippen LogP contribution in [-0.4, -0.2) is 23.3 Å². The lowest BCUT2D eigenvalue weighted by atomic mass is 10.1. The molecule has 0 heterocycles. The van der Waals surface area contributed by atoms with Gasteiger partial charge in [0.25, 0.3) is 5.69 Å². The minimum Gasteiger partial charge on any atom is -0.457 e. The van der Waals surface area contributed by atoms with E-state index in [-0.39, 0.29) is 29.7 Å². The average Bonchev–Trinajstić information content (AvgIpc) is 3.20. The summed E-state index contributed by atoms with van der Waals surface area (Å²) in [6.07, 6.45) is 1.62. The van der Waals surface area contributed by atoms with E-state index in [2.05, 4.69) is 0 Å². The van der Waals surface area contributed by atoms with Crippen molar-refractivity contribution in [3.05, 3.63) is 39.9 Å². The SMILES string of the molecule is O=C(COC(=O)C1CC1)c1cccc([N+](=O)[O-])c1. The highest BCUT2D eigenvalue weighted by Gasteiger charge is 2.31. The van der Waals surface area contributed by atoms with Crippen LogP contribution in [0.5, 0.6) is 0 Å². The molecule has 1 saturated carbocycles. The largest absolute Gasteiger partial charge is 0.457 e. The Morgan fingerprint density at radius 2 is 2.11 bits per heavy atom. The van der Waals surface area contributed by atoms with Crippen LogP contribution < -0.4 is 0 Å². The average molecular weight is 249 g/mol. The van der Waals surface area contributed by atoms with Gasteiger partial charge >= 0.3 is 5.97 Å². The van der Waals surface area contributed by atoms with Gasteiger partial charge < -0.3 is 4.74 Å². The number of benzene rings is 1. The zero-order valence-electron chi connectivity index (χ0n) is 9.50. The van der Waals surface area contributed by atoms with E-state index in [0.29, 0.717) is 0 Å². The van der Waals surface area contributed by atoms with Crippen LogP contribution >= 0.6 is 0 Å². The third kappa shape index (κ3) is 2.91. The van der Waals surface area contributed by atoms with Gasteiger partial charge in [0.1, 0.15) is 0 Å². The van der Waals surface area contributed by atoms with Crippen molar-refractivity contribution < 1.29 is 19.2 Å². The number of Topliss-reactive ketones (excluding diaryl/α,β-unsaturated/α-hetero) is 1. The second-order valence-electron chi connectivity index (χ2n) is 4.11. The van der Waals surface area contributed by atoms with Gasteiger partial charge in [-0.25, -0.2) is 0 Å². The molecule has 0 unspecified atom stereocenters. The highest BCUT2D eigenvalue weighted by molar-refractivity contribution is 5.98. The number of esters is 1. The standard InChI is InChI=1S/C12H11NO5/c14-11(7-18-12(15)8-4-5-8)9-2-1-3-10(6-9)13(16)17/h1-3,6,8H,4-5,7H2. The van der Waals surface area contributed by atoms with Crippen LogP contribution in [0, 0.1) is 16.0 Å². The van der Waals surface area contributed by atoms with Crippen LogP contribution in [0.4, 0.5) is 5.69 Å². The molecule has 1 aromatic rings. The number of carbonyl (C=O) groups is 2. The topological polar surface area (TPSA) is 86.5 Å². The van der Waals surface area contributed by atoms with Gasteiger partial charge in [-0.15, -0.1) is 0 Å². The Morgan fingerprint density at radius 3 is 2.72 bits per heavy atom. The molecule has 6 nitrogen and oxygen atoms in total. The summed E-state index contributed by atoms with van der Waals surface area (Å²) in [5.41, 5.74) is 0.0159. The predicted molar refractivity (Wildman–Crippen MR) is 61.1 cm³/mol. The number of nitro benzene ring substituents is 1. The number of rotatable bonds is 5. The molecule has 0 radical (unpaired) electrons. The van der Waals surface area contributed by atoms with E-state index in [4.69, 9.17) is 4.74 Å². The summed E-state index contributed by atoms with van der Waals surface area (Å²) < 4.78 is 4.82. The first-order valence-corrected chi connectivity index (χ1v) is 5.52. The Balaban J connectivity index is 1.97. The molecule has 0 saturated heterocycles. The van der Waals surface area contributed by atoms with Crippen molar-refractivity contribution in [2.24, 2.45) is 5.92 Å². The second-order valence-corrected chi connectivity index (χ2v) is 4.11. The molecule has 0 aromatic heterocycles.